The molecule has 0 spiro atoms. The van der Waals surface area contributed by atoms with Gasteiger partial charge in [0.1, 0.15) is 18.5 Å². The molecule has 0 aromatic heterocycles. The lowest BCUT2D eigenvalue weighted by Gasteiger charge is -2.11. The van der Waals surface area contributed by atoms with Crippen LogP contribution in [0, 0.1) is 5.82 Å². The number of nitrogens with two attached hydrogens (primary N) is 1. The number of rotatable bonds is 3. The molecule has 1 atom stereocenters. The Morgan fingerprint density at radius 2 is 2.21 bits per heavy atom. The van der Waals surface area contributed by atoms with Gasteiger partial charge in [0.15, 0.2) is 0 Å². The van der Waals surface area contributed by atoms with Crippen LogP contribution in [0.15, 0.2) is 18.2 Å². The van der Waals surface area contributed by atoms with Crippen LogP contribution in [0.2, 0.25) is 0 Å². The molecule has 0 saturated heterocycles. The first-order valence-electron chi connectivity index (χ1n) is 3.89. The van der Waals surface area contributed by atoms with E-state index in [2.05, 4.69) is 0 Å². The fraction of sp³-hybridized carbons (Fsp3) is 0.222. The highest BCUT2D eigenvalue weighted by molar-refractivity contribution is 5.75. The van der Waals surface area contributed by atoms with Crippen molar-refractivity contribution in [2.75, 3.05) is 0 Å². The van der Waals surface area contributed by atoms with Crippen molar-refractivity contribution in [3.63, 3.8) is 0 Å². The summed E-state index contributed by atoms with van der Waals surface area (Å²) in [5, 5.41) is 8.58. The number of hydrogen-bond acceptors (Lipinski definition) is 2. The zero-order valence-electron chi connectivity index (χ0n) is 7.21. The third-order valence-electron chi connectivity index (χ3n) is 1.89. The number of carbonyl (C=O) groups is 1. The molecule has 1 aromatic carbocycles. The maximum absolute atomic E-state index is 13.0. The Hall–Kier alpha value is -1.49. The summed E-state index contributed by atoms with van der Waals surface area (Å²) < 4.78 is 25.4. The summed E-state index contributed by atoms with van der Waals surface area (Å²) in [6, 6.07) is 2.27. The van der Waals surface area contributed by atoms with Crippen LogP contribution < -0.4 is 5.73 Å². The minimum Gasteiger partial charge on any atom is -0.480 e. The summed E-state index contributed by atoms with van der Waals surface area (Å²) in [5.74, 6) is -2.09. The first kappa shape index (κ1) is 10.6. The van der Waals surface area contributed by atoms with Crippen molar-refractivity contribution in [1.29, 1.82) is 0 Å². The van der Waals surface area contributed by atoms with E-state index in [0.717, 1.165) is 6.07 Å². The molecule has 3 N–H and O–H groups in total. The van der Waals surface area contributed by atoms with Gasteiger partial charge in [-0.15, -0.1) is 0 Å². The minimum atomic E-state index is -1.39. The van der Waals surface area contributed by atoms with Crippen molar-refractivity contribution in [2.24, 2.45) is 5.73 Å². The summed E-state index contributed by atoms with van der Waals surface area (Å²) >= 11 is 0. The molecule has 14 heavy (non-hydrogen) atoms. The number of carboxylic acid groups (broad SMARTS) is 1. The second-order valence-corrected chi connectivity index (χ2v) is 2.76. The highest BCUT2D eigenvalue weighted by atomic mass is 19.1. The standard InChI is InChI=1S/C9H9F2NO2/c10-4-6-5(8(12)9(13)14)2-1-3-7(6)11/h1-3,8H,4,12H2,(H,13,14). The Morgan fingerprint density at radius 3 is 2.71 bits per heavy atom. The maximum Gasteiger partial charge on any atom is 0.325 e. The van der Waals surface area contributed by atoms with Gasteiger partial charge in [-0.1, -0.05) is 12.1 Å². The minimum absolute atomic E-state index is 0.0278. The van der Waals surface area contributed by atoms with Crippen LogP contribution in [-0.4, -0.2) is 11.1 Å². The van der Waals surface area contributed by atoms with Crippen LogP contribution in [0.4, 0.5) is 8.78 Å². The van der Waals surface area contributed by atoms with Crippen LogP contribution in [-0.2, 0) is 11.5 Å². The first-order valence-corrected chi connectivity index (χ1v) is 3.89. The van der Waals surface area contributed by atoms with Gasteiger partial charge < -0.3 is 10.8 Å². The number of benzene rings is 1. The van der Waals surface area contributed by atoms with Crippen molar-refractivity contribution in [1.82, 2.24) is 0 Å². The van der Waals surface area contributed by atoms with Crippen molar-refractivity contribution in [3.8, 4) is 0 Å². The monoisotopic (exact) mass is 201 g/mol. The first-order chi connectivity index (χ1) is 6.57. The quantitative estimate of drug-likeness (QED) is 0.776. The summed E-state index contributed by atoms with van der Waals surface area (Å²) in [4.78, 5) is 10.5. The highest BCUT2D eigenvalue weighted by Gasteiger charge is 2.19. The molecule has 0 bridgehead atoms. The van der Waals surface area contributed by atoms with Gasteiger partial charge in [0.25, 0.3) is 0 Å². The van der Waals surface area contributed by atoms with Crippen LogP contribution in [0.3, 0.4) is 0 Å². The molecule has 1 rings (SSSR count). The predicted molar refractivity (Wildman–Crippen MR) is 45.8 cm³/mol. The molecule has 3 nitrogen and oxygen atoms in total. The summed E-state index contributed by atoms with van der Waals surface area (Å²) in [7, 11) is 0. The molecule has 0 aliphatic carbocycles. The average Bonchev–Trinajstić information content (AvgIpc) is 2.16. The van der Waals surface area contributed by atoms with E-state index in [1.54, 1.807) is 0 Å². The summed E-state index contributed by atoms with van der Waals surface area (Å²) in [6.45, 7) is -1.07. The van der Waals surface area contributed by atoms with E-state index in [1.807, 2.05) is 0 Å². The molecule has 0 aliphatic heterocycles. The number of hydrogen-bond donors (Lipinski definition) is 2. The molecule has 0 saturated carbocycles. The Labute approximate surface area is 79.2 Å². The maximum atomic E-state index is 13.0. The van der Waals surface area contributed by atoms with Gasteiger partial charge in [-0.3, -0.25) is 4.79 Å². The van der Waals surface area contributed by atoms with E-state index < -0.39 is 24.5 Å². The van der Waals surface area contributed by atoms with Crippen molar-refractivity contribution < 1.29 is 18.7 Å². The number of halogens is 2. The second-order valence-electron chi connectivity index (χ2n) is 2.76. The zero-order valence-corrected chi connectivity index (χ0v) is 7.21. The predicted octanol–water partition coefficient (Wildman–Crippen LogP) is 1.38. The van der Waals surface area contributed by atoms with Crippen molar-refractivity contribution >= 4 is 5.97 Å². The lowest BCUT2D eigenvalue weighted by molar-refractivity contribution is -0.138. The topological polar surface area (TPSA) is 63.3 Å². The van der Waals surface area contributed by atoms with Gasteiger partial charge in [0.2, 0.25) is 0 Å². The zero-order chi connectivity index (χ0) is 10.7. The van der Waals surface area contributed by atoms with Crippen molar-refractivity contribution in [2.45, 2.75) is 12.7 Å². The average molecular weight is 201 g/mol. The number of aliphatic carboxylic acids is 1. The van der Waals surface area contributed by atoms with Gasteiger partial charge in [-0.05, 0) is 11.6 Å². The fourth-order valence-corrected chi connectivity index (χ4v) is 1.14. The Kier molecular flexibility index (Phi) is 3.14. The van der Waals surface area contributed by atoms with E-state index in [4.69, 9.17) is 10.8 Å². The van der Waals surface area contributed by atoms with E-state index in [9.17, 15) is 13.6 Å². The van der Waals surface area contributed by atoms with E-state index >= 15 is 0 Å². The van der Waals surface area contributed by atoms with Gasteiger partial charge in [0.05, 0.1) is 0 Å². The van der Waals surface area contributed by atoms with E-state index in [1.165, 1.54) is 12.1 Å². The Bertz CT molecular complexity index is 355. The Balaban J connectivity index is 3.20. The molecule has 1 aromatic rings. The lowest BCUT2D eigenvalue weighted by Crippen LogP contribution is -2.22. The molecule has 0 heterocycles. The Morgan fingerprint density at radius 1 is 1.57 bits per heavy atom. The molecular weight excluding hydrogens is 192 g/mol. The van der Waals surface area contributed by atoms with Gasteiger partial charge in [-0.25, -0.2) is 8.78 Å². The SMILES string of the molecule is NC(C(=O)O)c1cccc(F)c1CF. The van der Waals surface area contributed by atoms with Gasteiger partial charge in [-0.2, -0.15) is 0 Å². The van der Waals surface area contributed by atoms with Gasteiger partial charge >= 0.3 is 5.97 Å². The highest BCUT2D eigenvalue weighted by Crippen LogP contribution is 2.20. The van der Waals surface area contributed by atoms with E-state index in [0.29, 0.717) is 0 Å². The van der Waals surface area contributed by atoms with E-state index in [-0.39, 0.29) is 11.1 Å². The summed E-state index contributed by atoms with van der Waals surface area (Å²) in [5.41, 5.74) is 4.93. The molecule has 0 amide bonds. The molecule has 0 radical (unpaired) electrons. The van der Waals surface area contributed by atoms with Crippen LogP contribution in [0.5, 0.6) is 0 Å². The fourth-order valence-electron chi connectivity index (χ4n) is 1.14. The normalized spacial score (nSPS) is 12.5. The van der Waals surface area contributed by atoms with Crippen LogP contribution in [0.25, 0.3) is 0 Å². The molecule has 76 valence electrons. The molecular formula is C9H9F2NO2. The van der Waals surface area contributed by atoms with Crippen LogP contribution in [0.1, 0.15) is 17.2 Å². The lowest BCUT2D eigenvalue weighted by atomic mass is 10.0. The number of alkyl halides is 1. The molecule has 5 heteroatoms. The van der Waals surface area contributed by atoms with Crippen molar-refractivity contribution in [3.05, 3.63) is 35.1 Å². The van der Waals surface area contributed by atoms with Gasteiger partial charge in [0, 0.05) is 5.56 Å². The third kappa shape index (κ3) is 1.88. The second kappa shape index (κ2) is 4.15. The van der Waals surface area contributed by atoms with Crippen LogP contribution >= 0.6 is 0 Å². The third-order valence-corrected chi connectivity index (χ3v) is 1.89. The number of carboxylic acids is 1. The molecule has 1 unspecified atom stereocenters. The molecule has 0 aliphatic rings. The molecule has 0 fully saturated rings. The summed E-state index contributed by atoms with van der Waals surface area (Å²) in [6.07, 6.45) is 0. The smallest absolute Gasteiger partial charge is 0.325 e. The largest absolute Gasteiger partial charge is 0.480 e.